The highest BCUT2D eigenvalue weighted by atomic mass is 19.1. The third-order valence-electron chi connectivity index (χ3n) is 4.41. The lowest BCUT2D eigenvalue weighted by Gasteiger charge is -2.13. The monoisotopic (exact) mass is 395 g/mol. The van der Waals surface area contributed by atoms with E-state index in [1.54, 1.807) is 47.0 Å². The number of benzene rings is 2. The van der Waals surface area contributed by atoms with E-state index in [9.17, 15) is 23.6 Å². The first-order valence-corrected chi connectivity index (χ1v) is 9.01. The molecule has 0 aliphatic rings. The van der Waals surface area contributed by atoms with Crippen LogP contribution in [-0.4, -0.2) is 28.7 Å². The maximum atomic E-state index is 14.1. The fraction of sp³-hybridized carbons (Fsp3) is 0.182. The number of carbonyl (C=O) groups excluding carboxylic acids is 3. The van der Waals surface area contributed by atoms with Crippen LogP contribution in [-0.2, 0) is 20.9 Å². The largest absolute Gasteiger partial charge is 0.460 e. The first-order chi connectivity index (χ1) is 13.9. The van der Waals surface area contributed by atoms with Crippen LogP contribution < -0.4 is 5.43 Å². The van der Waals surface area contributed by atoms with Crippen molar-refractivity contribution in [1.29, 1.82) is 0 Å². The highest BCUT2D eigenvalue weighted by Gasteiger charge is 2.23. The fourth-order valence-electron chi connectivity index (χ4n) is 3.01. The first-order valence-electron chi connectivity index (χ1n) is 9.01. The second kappa shape index (κ2) is 8.60. The molecule has 0 N–H and O–H groups in total. The van der Waals surface area contributed by atoms with Crippen molar-refractivity contribution >= 4 is 28.4 Å². The summed E-state index contributed by atoms with van der Waals surface area (Å²) in [6.45, 7) is 1.63. The van der Waals surface area contributed by atoms with Gasteiger partial charge in [-0.15, -0.1) is 0 Å². The highest BCUT2D eigenvalue weighted by molar-refractivity contribution is 6.38. The number of esters is 1. The number of fused-ring (bicyclic) bond motifs is 1. The summed E-state index contributed by atoms with van der Waals surface area (Å²) in [5.74, 6) is -3.35. The van der Waals surface area contributed by atoms with Gasteiger partial charge >= 0.3 is 5.97 Å². The van der Waals surface area contributed by atoms with Gasteiger partial charge in [0.15, 0.2) is 11.2 Å². The smallest absolute Gasteiger partial charge is 0.375 e. The van der Waals surface area contributed by atoms with Crippen LogP contribution in [0, 0.1) is 5.82 Å². The average molecular weight is 395 g/mol. The number of hydrogen-bond donors (Lipinski definition) is 0. The van der Waals surface area contributed by atoms with Crippen LogP contribution >= 0.6 is 0 Å². The van der Waals surface area contributed by atoms with Gasteiger partial charge in [-0.2, -0.15) is 0 Å². The van der Waals surface area contributed by atoms with Crippen LogP contribution in [0.15, 0.2) is 59.5 Å². The molecule has 0 spiro atoms. The van der Waals surface area contributed by atoms with E-state index in [-0.39, 0.29) is 24.1 Å². The lowest BCUT2D eigenvalue weighted by molar-refractivity contribution is -0.153. The lowest BCUT2D eigenvalue weighted by Crippen LogP contribution is -2.25. The number of ketones is 2. The van der Waals surface area contributed by atoms with Crippen molar-refractivity contribution in [3.05, 3.63) is 81.9 Å². The molecule has 7 heteroatoms. The molecule has 2 aromatic carbocycles. The Bertz CT molecular complexity index is 1170. The molecule has 0 unspecified atom stereocenters. The van der Waals surface area contributed by atoms with Crippen LogP contribution in [0.25, 0.3) is 10.9 Å². The molecule has 0 saturated heterocycles. The van der Waals surface area contributed by atoms with Gasteiger partial charge in [0.25, 0.3) is 0 Å². The van der Waals surface area contributed by atoms with Crippen molar-refractivity contribution in [2.24, 2.45) is 0 Å². The summed E-state index contributed by atoms with van der Waals surface area (Å²) < 4.78 is 20.3. The zero-order valence-corrected chi connectivity index (χ0v) is 15.7. The predicted octanol–water partition coefficient (Wildman–Crippen LogP) is 2.89. The Morgan fingerprint density at radius 2 is 1.72 bits per heavy atom. The van der Waals surface area contributed by atoms with Gasteiger partial charge in [-0.25, -0.2) is 9.18 Å². The van der Waals surface area contributed by atoms with Gasteiger partial charge in [0.2, 0.25) is 5.78 Å². The summed E-state index contributed by atoms with van der Waals surface area (Å²) in [6.07, 6.45) is 0.532. The highest BCUT2D eigenvalue weighted by Crippen LogP contribution is 2.16. The summed E-state index contributed by atoms with van der Waals surface area (Å²) in [4.78, 5) is 48.7. The summed E-state index contributed by atoms with van der Waals surface area (Å²) in [7, 11) is 0. The van der Waals surface area contributed by atoms with E-state index in [2.05, 4.69) is 4.74 Å². The first kappa shape index (κ1) is 20.1. The number of halogens is 1. The summed E-state index contributed by atoms with van der Waals surface area (Å²) in [5, 5.41) is 0.262. The number of nitrogens with zero attached hydrogens (tertiary/aromatic N) is 1. The molecule has 1 heterocycles. The SMILES string of the molecule is CCOC(=O)C(=O)CC(=O)c1cn(Cc2ccccc2F)c2ccccc2c1=O. The minimum absolute atomic E-state index is 0.00415. The summed E-state index contributed by atoms with van der Waals surface area (Å²) in [5.41, 5.74) is 0.112. The molecule has 0 aliphatic heterocycles. The van der Waals surface area contributed by atoms with Crippen molar-refractivity contribution in [1.82, 2.24) is 4.57 Å². The van der Waals surface area contributed by atoms with Crippen LogP contribution in [0.5, 0.6) is 0 Å². The van der Waals surface area contributed by atoms with Gasteiger partial charge in [0.05, 0.1) is 30.7 Å². The molecule has 3 rings (SSSR count). The molecular formula is C22H18FNO5. The Morgan fingerprint density at radius 1 is 1.03 bits per heavy atom. The molecule has 0 radical (unpaired) electrons. The van der Waals surface area contributed by atoms with Crippen molar-refractivity contribution in [2.75, 3.05) is 6.61 Å². The molecule has 0 aliphatic carbocycles. The fourth-order valence-corrected chi connectivity index (χ4v) is 3.01. The van der Waals surface area contributed by atoms with Crippen LogP contribution in [0.3, 0.4) is 0 Å². The lowest BCUT2D eigenvalue weighted by atomic mass is 10.0. The van der Waals surface area contributed by atoms with E-state index in [4.69, 9.17) is 0 Å². The third-order valence-corrected chi connectivity index (χ3v) is 4.41. The second-order valence-corrected chi connectivity index (χ2v) is 6.35. The normalized spacial score (nSPS) is 10.7. The zero-order chi connectivity index (χ0) is 21.0. The predicted molar refractivity (Wildman–Crippen MR) is 104 cm³/mol. The van der Waals surface area contributed by atoms with E-state index in [0.29, 0.717) is 11.1 Å². The van der Waals surface area contributed by atoms with Crippen LogP contribution in [0.1, 0.15) is 29.3 Å². The molecule has 0 amide bonds. The Morgan fingerprint density at radius 3 is 2.45 bits per heavy atom. The van der Waals surface area contributed by atoms with E-state index in [1.165, 1.54) is 19.2 Å². The third kappa shape index (κ3) is 4.29. The van der Waals surface area contributed by atoms with Gasteiger partial charge in [0, 0.05) is 17.1 Å². The number of ether oxygens (including phenoxy) is 1. The van der Waals surface area contributed by atoms with Gasteiger partial charge < -0.3 is 9.30 Å². The maximum absolute atomic E-state index is 14.1. The summed E-state index contributed by atoms with van der Waals surface area (Å²) >= 11 is 0. The van der Waals surface area contributed by atoms with Gasteiger partial charge in [-0.05, 0) is 25.1 Å². The minimum atomic E-state index is -1.12. The molecule has 0 atom stereocenters. The Hall–Kier alpha value is -3.61. The molecule has 6 nitrogen and oxygen atoms in total. The molecular weight excluding hydrogens is 377 g/mol. The summed E-state index contributed by atoms with van der Waals surface area (Å²) in [6, 6.07) is 12.8. The number of rotatable bonds is 7. The van der Waals surface area contributed by atoms with Crippen LogP contribution in [0.2, 0.25) is 0 Å². The minimum Gasteiger partial charge on any atom is -0.460 e. The molecule has 0 fully saturated rings. The quantitative estimate of drug-likeness (QED) is 0.266. The molecule has 3 aromatic rings. The van der Waals surface area contributed by atoms with Crippen molar-refractivity contribution < 1.29 is 23.5 Å². The van der Waals surface area contributed by atoms with Gasteiger partial charge in [-0.3, -0.25) is 14.4 Å². The number of pyridine rings is 1. The standard InChI is InChI=1S/C22H18FNO5/c1-2-29-22(28)20(26)11-19(25)16-13-24(12-14-7-3-5-9-17(14)23)18-10-6-4-8-15(18)21(16)27/h3-10,13H,2,11-12H2,1H3. The van der Waals surface area contributed by atoms with Crippen LogP contribution in [0.4, 0.5) is 4.39 Å². The average Bonchev–Trinajstić information content (AvgIpc) is 2.71. The Labute approximate surface area is 165 Å². The maximum Gasteiger partial charge on any atom is 0.375 e. The molecule has 1 aromatic heterocycles. The Kier molecular flexibility index (Phi) is 5.97. The van der Waals surface area contributed by atoms with Crippen molar-refractivity contribution in [3.63, 3.8) is 0 Å². The van der Waals surface area contributed by atoms with Gasteiger partial charge in [-0.1, -0.05) is 30.3 Å². The number of Topliss-reactive ketones (excluding diaryl/α,β-unsaturated/α-hetero) is 2. The Balaban J connectivity index is 2.04. The van der Waals surface area contributed by atoms with E-state index in [1.807, 2.05) is 0 Å². The van der Waals surface area contributed by atoms with Crippen molar-refractivity contribution in [3.8, 4) is 0 Å². The van der Waals surface area contributed by atoms with Gasteiger partial charge in [0.1, 0.15) is 5.82 Å². The number of carbonyl (C=O) groups is 3. The molecule has 148 valence electrons. The second-order valence-electron chi connectivity index (χ2n) is 6.35. The molecule has 0 saturated carbocycles. The number of hydrogen-bond acceptors (Lipinski definition) is 5. The molecule has 29 heavy (non-hydrogen) atoms. The number of aromatic nitrogens is 1. The molecule has 0 bridgehead atoms. The van der Waals surface area contributed by atoms with E-state index < -0.39 is 35.2 Å². The van der Waals surface area contributed by atoms with E-state index >= 15 is 0 Å². The van der Waals surface area contributed by atoms with Crippen molar-refractivity contribution in [2.45, 2.75) is 19.9 Å². The zero-order valence-electron chi connectivity index (χ0n) is 15.7. The topological polar surface area (TPSA) is 82.4 Å². The number of para-hydroxylation sites is 1. The van der Waals surface area contributed by atoms with E-state index in [0.717, 1.165) is 0 Å².